The SMILES string of the molecule is CC(C)c1ccc(N(c2ccc(C(C)C)cc2)c2ccc3c(c2)C([Si](C)(C)C)([Si](C)(C)C)c2cc4cc(N(c5ccc(C(C)C)cc5)c5ccc(C(C)C)cc5)ccc4cc2-3)cc1. The minimum Gasteiger partial charge on any atom is -0.310 e. The molecule has 0 atom stereocenters. The summed E-state index contributed by atoms with van der Waals surface area (Å²) in [7, 11) is -3.99. The Kier molecular flexibility index (Phi) is 11.8. The van der Waals surface area contributed by atoms with E-state index in [1.165, 1.54) is 83.8 Å². The van der Waals surface area contributed by atoms with Crippen molar-refractivity contribution in [3.8, 4) is 11.1 Å². The van der Waals surface area contributed by atoms with Crippen LogP contribution in [0.3, 0.4) is 0 Å². The molecule has 0 saturated carbocycles. The Hall–Kier alpha value is -5.17. The highest BCUT2D eigenvalue weighted by molar-refractivity contribution is 6.99. The second-order valence-corrected chi connectivity index (χ2v) is 32.6. The Morgan fingerprint density at radius 3 is 0.984 bits per heavy atom. The van der Waals surface area contributed by atoms with Crippen LogP contribution in [0.4, 0.5) is 34.1 Å². The van der Waals surface area contributed by atoms with Crippen molar-refractivity contribution in [2.24, 2.45) is 0 Å². The zero-order valence-corrected chi connectivity index (χ0v) is 42.6. The summed E-state index contributed by atoms with van der Waals surface area (Å²) in [6.07, 6.45) is 0. The third-order valence-corrected chi connectivity index (χ3v) is 24.2. The molecule has 0 N–H and O–H groups in total. The summed E-state index contributed by atoms with van der Waals surface area (Å²) in [4.78, 5) is 4.94. The van der Waals surface area contributed by atoms with E-state index in [9.17, 15) is 0 Å². The summed E-state index contributed by atoms with van der Waals surface area (Å²) in [5, 5.41) is 2.59. The van der Waals surface area contributed by atoms with Crippen LogP contribution in [0.25, 0.3) is 21.9 Å². The van der Waals surface area contributed by atoms with Crippen LogP contribution < -0.4 is 9.80 Å². The molecule has 0 spiro atoms. The van der Waals surface area contributed by atoms with Gasteiger partial charge < -0.3 is 9.80 Å². The molecule has 7 aromatic carbocycles. The van der Waals surface area contributed by atoms with Crippen LogP contribution in [0.2, 0.25) is 39.3 Å². The lowest BCUT2D eigenvalue weighted by Crippen LogP contribution is -2.63. The van der Waals surface area contributed by atoms with E-state index in [-0.39, 0.29) is 4.66 Å². The molecule has 2 nitrogen and oxygen atoms in total. The van der Waals surface area contributed by atoms with Gasteiger partial charge in [0.05, 0.1) is 16.1 Å². The predicted molar refractivity (Wildman–Crippen MR) is 283 cm³/mol. The number of benzene rings is 7. The number of rotatable bonds is 12. The molecule has 0 bridgehead atoms. The maximum absolute atomic E-state index is 2.63. The molecule has 0 amide bonds. The van der Waals surface area contributed by atoms with Crippen molar-refractivity contribution >= 4 is 61.0 Å². The molecule has 0 aromatic heterocycles. The largest absolute Gasteiger partial charge is 0.310 e. The quantitative estimate of drug-likeness (QED) is 0.113. The Morgan fingerprint density at radius 1 is 0.317 bits per heavy atom. The number of hydrogen-bond acceptors (Lipinski definition) is 2. The van der Waals surface area contributed by atoms with E-state index < -0.39 is 16.1 Å². The summed E-state index contributed by atoms with van der Waals surface area (Å²) in [6, 6.07) is 56.7. The van der Waals surface area contributed by atoms with Gasteiger partial charge in [-0.3, -0.25) is 0 Å². The van der Waals surface area contributed by atoms with E-state index in [1.54, 1.807) is 5.56 Å². The molecule has 0 unspecified atom stereocenters. The molecule has 1 aliphatic rings. The lowest BCUT2D eigenvalue weighted by atomic mass is 9.99. The fourth-order valence-electron chi connectivity index (χ4n) is 11.0. The topological polar surface area (TPSA) is 6.48 Å². The van der Waals surface area contributed by atoms with E-state index >= 15 is 0 Å². The van der Waals surface area contributed by atoms with Crippen molar-refractivity contribution in [2.75, 3.05) is 9.80 Å². The zero-order chi connectivity index (χ0) is 45.2. The first-order valence-corrected chi connectivity index (χ1v) is 30.5. The molecule has 1 aliphatic carbocycles. The Balaban J connectivity index is 1.32. The number of anilines is 6. The first-order valence-electron chi connectivity index (χ1n) is 23.5. The number of nitrogens with zero attached hydrogens (tertiary/aromatic N) is 2. The molecular formula is C59H70N2Si2. The lowest BCUT2D eigenvalue weighted by Gasteiger charge is -2.51. The van der Waals surface area contributed by atoms with Gasteiger partial charge in [0.2, 0.25) is 0 Å². The molecule has 0 fully saturated rings. The Labute approximate surface area is 382 Å². The third kappa shape index (κ3) is 7.93. The van der Waals surface area contributed by atoms with Gasteiger partial charge in [-0.25, -0.2) is 0 Å². The van der Waals surface area contributed by atoms with Crippen LogP contribution in [0, 0.1) is 0 Å². The van der Waals surface area contributed by atoms with E-state index in [0.717, 1.165) is 0 Å². The maximum atomic E-state index is 2.63. The summed E-state index contributed by atoms with van der Waals surface area (Å²) in [6.45, 7) is 34.0. The average molecular weight is 863 g/mol. The summed E-state index contributed by atoms with van der Waals surface area (Å²) >= 11 is 0. The first-order chi connectivity index (χ1) is 29.8. The van der Waals surface area contributed by atoms with Gasteiger partial charge in [-0.2, -0.15) is 0 Å². The van der Waals surface area contributed by atoms with Crippen molar-refractivity contribution in [3.63, 3.8) is 0 Å². The van der Waals surface area contributed by atoms with Crippen LogP contribution >= 0.6 is 0 Å². The van der Waals surface area contributed by atoms with E-state index in [0.29, 0.717) is 23.7 Å². The summed E-state index contributed by atoms with van der Waals surface area (Å²) in [5.74, 6) is 1.92. The van der Waals surface area contributed by atoms with Gasteiger partial charge in [-0.1, -0.05) is 161 Å². The lowest BCUT2D eigenvalue weighted by molar-refractivity contribution is 0.865. The second kappa shape index (κ2) is 16.8. The van der Waals surface area contributed by atoms with Crippen LogP contribution in [-0.2, 0) is 4.66 Å². The van der Waals surface area contributed by atoms with Crippen molar-refractivity contribution in [1.29, 1.82) is 0 Å². The summed E-state index contributed by atoms with van der Waals surface area (Å²) in [5.41, 5.74) is 18.5. The maximum Gasteiger partial charge on any atom is 0.0579 e. The van der Waals surface area contributed by atoms with E-state index in [2.05, 4.69) is 250 Å². The standard InChI is InChI=1S/C59H70N2Si2/c1-39(2)43-15-24-49(25-16-43)60(50-26-17-44(18-27-50)40(3)4)53-32-23-47-36-56-55-34-33-54(38-58(55)59(62(9,10)11,63(12,13)14)57(56)37-48(47)35-53)61(51-28-19-45(20-29-51)41(5)6)52-30-21-46(22-31-52)42(7)8/h15-42H,1-14H3. The molecule has 7 aromatic rings. The van der Waals surface area contributed by atoms with E-state index in [4.69, 9.17) is 0 Å². The fourth-order valence-corrected chi connectivity index (χ4v) is 24.0. The highest BCUT2D eigenvalue weighted by Gasteiger charge is 2.59. The predicted octanol–water partition coefficient (Wildman–Crippen LogP) is 18.3. The molecule has 324 valence electrons. The first kappa shape index (κ1) is 44.4. The van der Waals surface area contributed by atoms with Crippen LogP contribution in [-0.4, -0.2) is 16.1 Å². The van der Waals surface area contributed by atoms with Gasteiger partial charge in [0.25, 0.3) is 0 Å². The van der Waals surface area contributed by atoms with Crippen LogP contribution in [0.1, 0.15) is 112 Å². The monoisotopic (exact) mass is 863 g/mol. The molecule has 0 heterocycles. The van der Waals surface area contributed by atoms with Crippen LogP contribution in [0.15, 0.2) is 146 Å². The third-order valence-electron chi connectivity index (χ3n) is 14.1. The van der Waals surface area contributed by atoms with Crippen molar-refractivity contribution in [2.45, 2.75) is 123 Å². The second-order valence-electron chi connectivity index (χ2n) is 21.6. The van der Waals surface area contributed by atoms with Crippen molar-refractivity contribution in [3.05, 3.63) is 179 Å². The smallest absolute Gasteiger partial charge is 0.0579 e. The zero-order valence-electron chi connectivity index (χ0n) is 40.6. The average Bonchev–Trinajstić information content (AvgIpc) is 3.54. The fraction of sp³-hybridized carbons (Fsp3) is 0.322. The highest BCUT2D eigenvalue weighted by Crippen LogP contribution is 2.59. The van der Waals surface area contributed by atoms with E-state index in [1.807, 2.05) is 0 Å². The molecule has 0 aliphatic heterocycles. The normalized spacial score (nSPS) is 13.6. The highest BCUT2D eigenvalue weighted by atomic mass is 28.4. The Morgan fingerprint density at radius 2 is 0.635 bits per heavy atom. The molecular weight excluding hydrogens is 793 g/mol. The minimum absolute atomic E-state index is 0.0292. The van der Waals surface area contributed by atoms with Gasteiger partial charge in [0.15, 0.2) is 0 Å². The number of hydrogen-bond donors (Lipinski definition) is 0. The molecule has 0 radical (unpaired) electrons. The number of fused-ring (bicyclic) bond motifs is 4. The van der Waals surface area contributed by atoms with Crippen molar-refractivity contribution < 1.29 is 0 Å². The van der Waals surface area contributed by atoms with Gasteiger partial charge in [0.1, 0.15) is 0 Å². The van der Waals surface area contributed by atoms with Crippen molar-refractivity contribution in [1.82, 2.24) is 0 Å². The van der Waals surface area contributed by atoms with Gasteiger partial charge in [-0.05, 0) is 158 Å². The van der Waals surface area contributed by atoms with Crippen LogP contribution in [0.5, 0.6) is 0 Å². The summed E-state index contributed by atoms with van der Waals surface area (Å²) < 4.78 is -0.0292. The Bertz CT molecular complexity index is 2610. The van der Waals surface area contributed by atoms with Gasteiger partial charge in [0, 0.05) is 38.8 Å². The molecule has 0 saturated heterocycles. The van der Waals surface area contributed by atoms with Gasteiger partial charge >= 0.3 is 0 Å². The molecule has 4 heteroatoms. The minimum atomic E-state index is -1.99. The van der Waals surface area contributed by atoms with Gasteiger partial charge in [-0.15, -0.1) is 0 Å². The molecule has 63 heavy (non-hydrogen) atoms. The molecule has 8 rings (SSSR count).